The SMILES string of the molecule is CC(O)CN1CCC(C(=O)O)(C(C)C)C1. The van der Waals surface area contributed by atoms with Crippen LogP contribution in [0.4, 0.5) is 0 Å². The summed E-state index contributed by atoms with van der Waals surface area (Å²) in [5.74, 6) is -0.570. The van der Waals surface area contributed by atoms with E-state index < -0.39 is 11.4 Å². The molecule has 1 aliphatic rings. The van der Waals surface area contributed by atoms with Crippen molar-refractivity contribution in [3.05, 3.63) is 0 Å². The fourth-order valence-corrected chi connectivity index (χ4v) is 2.34. The van der Waals surface area contributed by atoms with Crippen molar-refractivity contribution in [2.24, 2.45) is 11.3 Å². The van der Waals surface area contributed by atoms with E-state index in [2.05, 4.69) is 0 Å². The molecule has 1 aliphatic heterocycles. The lowest BCUT2D eigenvalue weighted by Crippen LogP contribution is -2.40. The molecule has 0 aliphatic carbocycles. The van der Waals surface area contributed by atoms with E-state index in [1.807, 2.05) is 18.7 Å². The summed E-state index contributed by atoms with van der Waals surface area (Å²) in [6.07, 6.45) is 0.300. The molecule has 1 heterocycles. The normalized spacial score (nSPS) is 29.7. The van der Waals surface area contributed by atoms with Gasteiger partial charge in [0, 0.05) is 13.1 Å². The van der Waals surface area contributed by atoms with Crippen LogP contribution in [-0.4, -0.2) is 46.8 Å². The minimum atomic E-state index is -0.703. The first-order valence-corrected chi connectivity index (χ1v) is 5.52. The van der Waals surface area contributed by atoms with Gasteiger partial charge in [0.15, 0.2) is 0 Å². The van der Waals surface area contributed by atoms with Gasteiger partial charge in [-0.3, -0.25) is 9.69 Å². The molecule has 2 atom stereocenters. The molecule has 15 heavy (non-hydrogen) atoms. The van der Waals surface area contributed by atoms with E-state index in [1.165, 1.54) is 0 Å². The summed E-state index contributed by atoms with van der Waals surface area (Å²) in [4.78, 5) is 13.3. The highest BCUT2D eigenvalue weighted by Gasteiger charge is 2.47. The second-order valence-electron chi connectivity index (χ2n) is 4.95. The van der Waals surface area contributed by atoms with Crippen LogP contribution in [0.3, 0.4) is 0 Å². The van der Waals surface area contributed by atoms with Crippen LogP contribution in [0.2, 0.25) is 0 Å². The van der Waals surface area contributed by atoms with Gasteiger partial charge in [0.05, 0.1) is 11.5 Å². The van der Waals surface area contributed by atoms with Crippen LogP contribution >= 0.6 is 0 Å². The van der Waals surface area contributed by atoms with Gasteiger partial charge < -0.3 is 10.2 Å². The molecule has 0 spiro atoms. The standard InChI is InChI=1S/C11H21NO3/c1-8(2)11(10(14)15)4-5-12(7-11)6-9(3)13/h8-9,13H,4-7H2,1-3H3,(H,14,15). The van der Waals surface area contributed by atoms with Gasteiger partial charge in [-0.15, -0.1) is 0 Å². The molecular weight excluding hydrogens is 194 g/mol. The Hall–Kier alpha value is -0.610. The zero-order chi connectivity index (χ0) is 11.6. The Balaban J connectivity index is 2.68. The largest absolute Gasteiger partial charge is 0.481 e. The third kappa shape index (κ3) is 2.49. The first-order chi connectivity index (χ1) is 6.88. The van der Waals surface area contributed by atoms with Crippen molar-refractivity contribution in [3.63, 3.8) is 0 Å². The number of likely N-dealkylation sites (tertiary alicyclic amines) is 1. The molecule has 0 aromatic carbocycles. The number of carboxylic acid groups (broad SMARTS) is 1. The molecule has 4 heteroatoms. The predicted molar refractivity (Wildman–Crippen MR) is 57.6 cm³/mol. The fourth-order valence-electron chi connectivity index (χ4n) is 2.34. The Morgan fingerprint density at radius 1 is 1.47 bits per heavy atom. The summed E-state index contributed by atoms with van der Waals surface area (Å²) in [6.45, 7) is 7.55. The second kappa shape index (κ2) is 4.49. The number of rotatable bonds is 4. The summed E-state index contributed by atoms with van der Waals surface area (Å²) in [7, 11) is 0. The predicted octanol–water partition coefficient (Wildman–Crippen LogP) is 0.800. The van der Waals surface area contributed by atoms with Crippen LogP contribution in [0.25, 0.3) is 0 Å². The molecule has 88 valence electrons. The monoisotopic (exact) mass is 215 g/mol. The van der Waals surface area contributed by atoms with Crippen LogP contribution in [0.1, 0.15) is 27.2 Å². The second-order valence-corrected chi connectivity index (χ2v) is 4.95. The summed E-state index contributed by atoms with van der Waals surface area (Å²) >= 11 is 0. The lowest BCUT2D eigenvalue weighted by Gasteiger charge is -2.29. The van der Waals surface area contributed by atoms with Gasteiger partial charge >= 0.3 is 5.97 Å². The van der Waals surface area contributed by atoms with E-state index in [1.54, 1.807) is 6.92 Å². The van der Waals surface area contributed by atoms with E-state index in [0.717, 1.165) is 6.54 Å². The number of β-amino-alcohol motifs (C(OH)–C–C–N with tert-alkyl or cyclic N) is 1. The average Bonchev–Trinajstić information content (AvgIpc) is 2.48. The number of nitrogens with zero attached hydrogens (tertiary/aromatic N) is 1. The number of hydrogen-bond donors (Lipinski definition) is 2. The van der Waals surface area contributed by atoms with Crippen molar-refractivity contribution in [2.75, 3.05) is 19.6 Å². The highest BCUT2D eigenvalue weighted by atomic mass is 16.4. The topological polar surface area (TPSA) is 60.8 Å². The molecule has 1 rings (SSSR count). The van der Waals surface area contributed by atoms with Crippen LogP contribution in [0.5, 0.6) is 0 Å². The maximum atomic E-state index is 11.3. The van der Waals surface area contributed by atoms with Crippen molar-refractivity contribution in [1.82, 2.24) is 4.90 Å². The van der Waals surface area contributed by atoms with Gasteiger partial charge in [0.25, 0.3) is 0 Å². The Bertz CT molecular complexity index is 240. The van der Waals surface area contributed by atoms with Gasteiger partial charge in [-0.25, -0.2) is 0 Å². The third-order valence-corrected chi connectivity index (χ3v) is 3.43. The molecule has 0 aromatic heterocycles. The molecule has 0 bridgehead atoms. The number of carboxylic acids is 1. The quantitative estimate of drug-likeness (QED) is 0.728. The first-order valence-electron chi connectivity index (χ1n) is 5.52. The molecule has 2 N–H and O–H groups in total. The number of aliphatic carboxylic acids is 1. The van der Waals surface area contributed by atoms with E-state index >= 15 is 0 Å². The number of carbonyl (C=O) groups is 1. The average molecular weight is 215 g/mol. The molecule has 1 saturated heterocycles. The molecule has 2 unspecified atom stereocenters. The van der Waals surface area contributed by atoms with Gasteiger partial charge in [0.2, 0.25) is 0 Å². The highest BCUT2D eigenvalue weighted by molar-refractivity contribution is 5.75. The van der Waals surface area contributed by atoms with E-state index in [9.17, 15) is 15.0 Å². The molecule has 0 radical (unpaired) electrons. The molecule has 1 fully saturated rings. The minimum absolute atomic E-state index is 0.133. The molecule has 0 aromatic rings. The summed E-state index contributed by atoms with van der Waals surface area (Å²) in [5, 5.41) is 18.6. The van der Waals surface area contributed by atoms with Crippen molar-refractivity contribution in [2.45, 2.75) is 33.3 Å². The number of aliphatic hydroxyl groups excluding tert-OH is 1. The summed E-state index contributed by atoms with van der Waals surface area (Å²) < 4.78 is 0. The Morgan fingerprint density at radius 2 is 2.07 bits per heavy atom. The van der Waals surface area contributed by atoms with Crippen LogP contribution < -0.4 is 0 Å². The van der Waals surface area contributed by atoms with E-state index in [0.29, 0.717) is 19.5 Å². The maximum absolute atomic E-state index is 11.3. The van der Waals surface area contributed by atoms with Gasteiger partial charge in [-0.05, 0) is 25.8 Å². The van der Waals surface area contributed by atoms with Crippen LogP contribution in [-0.2, 0) is 4.79 Å². The summed E-state index contributed by atoms with van der Waals surface area (Å²) in [5.41, 5.74) is -0.616. The van der Waals surface area contributed by atoms with Crippen LogP contribution in [0.15, 0.2) is 0 Å². The number of aliphatic hydroxyl groups is 1. The Kier molecular flexibility index (Phi) is 3.73. The van der Waals surface area contributed by atoms with Crippen molar-refractivity contribution in [1.29, 1.82) is 0 Å². The third-order valence-electron chi connectivity index (χ3n) is 3.43. The molecule has 0 amide bonds. The Morgan fingerprint density at radius 3 is 2.40 bits per heavy atom. The lowest BCUT2D eigenvalue weighted by atomic mass is 9.76. The highest BCUT2D eigenvalue weighted by Crippen LogP contribution is 2.38. The molecule has 0 saturated carbocycles. The minimum Gasteiger partial charge on any atom is -0.481 e. The van der Waals surface area contributed by atoms with E-state index in [4.69, 9.17) is 0 Å². The molecule has 4 nitrogen and oxygen atoms in total. The number of hydrogen-bond acceptors (Lipinski definition) is 3. The van der Waals surface area contributed by atoms with Crippen LogP contribution in [0, 0.1) is 11.3 Å². The zero-order valence-electron chi connectivity index (χ0n) is 9.73. The zero-order valence-corrected chi connectivity index (χ0v) is 9.73. The van der Waals surface area contributed by atoms with Crippen molar-refractivity contribution in [3.8, 4) is 0 Å². The van der Waals surface area contributed by atoms with Gasteiger partial charge in [0.1, 0.15) is 0 Å². The van der Waals surface area contributed by atoms with Gasteiger partial charge in [-0.1, -0.05) is 13.8 Å². The first kappa shape index (κ1) is 12.5. The lowest BCUT2D eigenvalue weighted by molar-refractivity contribution is -0.151. The smallest absolute Gasteiger partial charge is 0.311 e. The maximum Gasteiger partial charge on any atom is 0.311 e. The van der Waals surface area contributed by atoms with Crippen molar-refractivity contribution < 1.29 is 15.0 Å². The summed E-state index contributed by atoms with van der Waals surface area (Å²) in [6, 6.07) is 0. The van der Waals surface area contributed by atoms with E-state index in [-0.39, 0.29) is 12.0 Å². The van der Waals surface area contributed by atoms with Crippen molar-refractivity contribution >= 4 is 5.97 Å². The Labute approximate surface area is 90.9 Å². The fraction of sp³-hybridized carbons (Fsp3) is 0.909. The molecular formula is C11H21NO3. The van der Waals surface area contributed by atoms with Gasteiger partial charge in [-0.2, -0.15) is 0 Å².